The summed E-state index contributed by atoms with van der Waals surface area (Å²) in [6.45, 7) is 1.96. The van der Waals surface area contributed by atoms with Crippen LogP contribution in [0.2, 0.25) is 0 Å². The Bertz CT molecular complexity index is 501. The lowest BCUT2D eigenvalue weighted by molar-refractivity contribution is 0.614. The fourth-order valence-corrected chi connectivity index (χ4v) is 2.30. The molecule has 3 rings (SSSR count). The lowest BCUT2D eigenvalue weighted by Gasteiger charge is -2.15. The van der Waals surface area contributed by atoms with Crippen molar-refractivity contribution in [1.29, 1.82) is 0 Å². The molecule has 2 aromatic rings. The summed E-state index contributed by atoms with van der Waals surface area (Å²) in [7, 11) is 0. The van der Waals surface area contributed by atoms with Crippen LogP contribution in [-0.2, 0) is 13.0 Å². The first-order chi connectivity index (χ1) is 7.84. The fourth-order valence-electron chi connectivity index (χ4n) is 2.04. The maximum absolute atomic E-state index is 4.46. The minimum atomic E-state index is 0.908. The first-order valence-corrected chi connectivity index (χ1v) is 6.16. The van der Waals surface area contributed by atoms with Gasteiger partial charge in [-0.3, -0.25) is 0 Å². The summed E-state index contributed by atoms with van der Waals surface area (Å²) in [5.74, 6) is 0. The zero-order chi connectivity index (χ0) is 11.0. The van der Waals surface area contributed by atoms with E-state index in [-0.39, 0.29) is 0 Å². The van der Waals surface area contributed by atoms with E-state index in [0.29, 0.717) is 0 Å². The molecule has 0 atom stereocenters. The van der Waals surface area contributed by atoms with Crippen LogP contribution >= 0.6 is 15.9 Å². The standard InChI is InChI=1S/C12H12BrN3/c13-10-1-3-11(4-2-10)16-12-8-14-6-5-9(12)7-15-16/h1-4,7,14H,5-6,8H2. The summed E-state index contributed by atoms with van der Waals surface area (Å²) in [5.41, 5.74) is 3.77. The second kappa shape index (κ2) is 4.03. The molecule has 1 aromatic carbocycles. The highest BCUT2D eigenvalue weighted by atomic mass is 79.9. The SMILES string of the molecule is Brc1ccc(-n2ncc3c2CNCC3)cc1. The molecule has 0 fully saturated rings. The van der Waals surface area contributed by atoms with Gasteiger partial charge < -0.3 is 5.32 Å². The van der Waals surface area contributed by atoms with Crippen molar-refractivity contribution in [3.8, 4) is 5.69 Å². The maximum atomic E-state index is 4.46. The van der Waals surface area contributed by atoms with Gasteiger partial charge in [-0.15, -0.1) is 0 Å². The van der Waals surface area contributed by atoms with Gasteiger partial charge in [-0.1, -0.05) is 15.9 Å². The minimum Gasteiger partial charge on any atom is -0.311 e. The second-order valence-corrected chi connectivity index (χ2v) is 4.85. The number of halogens is 1. The van der Waals surface area contributed by atoms with E-state index in [1.54, 1.807) is 0 Å². The Labute approximate surface area is 103 Å². The van der Waals surface area contributed by atoms with E-state index in [1.807, 2.05) is 23.0 Å². The smallest absolute Gasteiger partial charge is 0.0650 e. The van der Waals surface area contributed by atoms with Gasteiger partial charge in [-0.05, 0) is 42.8 Å². The predicted octanol–water partition coefficient (Wildman–Crippen LogP) is 2.28. The van der Waals surface area contributed by atoms with Crippen LogP contribution in [0.15, 0.2) is 34.9 Å². The van der Waals surface area contributed by atoms with Crippen molar-refractivity contribution in [3.63, 3.8) is 0 Å². The monoisotopic (exact) mass is 277 g/mol. The van der Waals surface area contributed by atoms with Crippen LogP contribution in [0.5, 0.6) is 0 Å². The molecule has 0 saturated carbocycles. The minimum absolute atomic E-state index is 0.908. The van der Waals surface area contributed by atoms with Crippen LogP contribution in [0.4, 0.5) is 0 Å². The van der Waals surface area contributed by atoms with Gasteiger partial charge in [0.2, 0.25) is 0 Å². The molecule has 1 aliphatic rings. The average Bonchev–Trinajstić information content (AvgIpc) is 2.74. The summed E-state index contributed by atoms with van der Waals surface area (Å²) in [4.78, 5) is 0. The predicted molar refractivity (Wildman–Crippen MR) is 66.7 cm³/mol. The van der Waals surface area contributed by atoms with Gasteiger partial charge >= 0.3 is 0 Å². The molecule has 0 saturated heterocycles. The molecule has 16 heavy (non-hydrogen) atoms. The van der Waals surface area contributed by atoms with Crippen molar-refractivity contribution < 1.29 is 0 Å². The Morgan fingerprint density at radius 3 is 2.88 bits per heavy atom. The van der Waals surface area contributed by atoms with Gasteiger partial charge in [0, 0.05) is 11.0 Å². The maximum Gasteiger partial charge on any atom is 0.0650 e. The Morgan fingerprint density at radius 1 is 1.25 bits per heavy atom. The van der Waals surface area contributed by atoms with E-state index in [9.17, 15) is 0 Å². The molecule has 3 nitrogen and oxygen atoms in total. The van der Waals surface area contributed by atoms with Crippen molar-refractivity contribution >= 4 is 15.9 Å². The molecule has 0 aliphatic carbocycles. The molecule has 2 heterocycles. The third kappa shape index (κ3) is 1.68. The van der Waals surface area contributed by atoms with Crippen molar-refractivity contribution in [2.45, 2.75) is 13.0 Å². The normalized spacial score (nSPS) is 14.8. The Hall–Kier alpha value is -1.13. The molecular formula is C12H12BrN3. The molecular weight excluding hydrogens is 266 g/mol. The molecule has 0 amide bonds. The van der Waals surface area contributed by atoms with Crippen molar-refractivity contribution in [1.82, 2.24) is 15.1 Å². The summed E-state index contributed by atoms with van der Waals surface area (Å²) in [5, 5.41) is 7.84. The van der Waals surface area contributed by atoms with Crippen LogP contribution in [0.25, 0.3) is 5.69 Å². The lowest BCUT2D eigenvalue weighted by atomic mass is 10.1. The zero-order valence-electron chi connectivity index (χ0n) is 8.78. The number of nitrogens with one attached hydrogen (secondary N) is 1. The van der Waals surface area contributed by atoms with E-state index in [4.69, 9.17) is 0 Å². The Kier molecular flexibility index (Phi) is 2.53. The molecule has 0 bridgehead atoms. The van der Waals surface area contributed by atoms with Crippen LogP contribution < -0.4 is 5.32 Å². The highest BCUT2D eigenvalue weighted by Crippen LogP contribution is 2.19. The third-order valence-corrected chi connectivity index (χ3v) is 3.42. The van der Waals surface area contributed by atoms with Gasteiger partial charge in [0.25, 0.3) is 0 Å². The molecule has 4 heteroatoms. The van der Waals surface area contributed by atoms with Crippen LogP contribution in [0.1, 0.15) is 11.3 Å². The van der Waals surface area contributed by atoms with Gasteiger partial charge in [0.05, 0.1) is 17.6 Å². The van der Waals surface area contributed by atoms with E-state index in [0.717, 1.165) is 29.7 Å². The first-order valence-electron chi connectivity index (χ1n) is 5.37. The molecule has 1 aromatic heterocycles. The summed E-state index contributed by atoms with van der Waals surface area (Å²) < 4.78 is 3.11. The van der Waals surface area contributed by atoms with Crippen LogP contribution in [0.3, 0.4) is 0 Å². The number of hydrogen-bond donors (Lipinski definition) is 1. The van der Waals surface area contributed by atoms with E-state index in [1.165, 1.54) is 11.3 Å². The summed E-state index contributed by atoms with van der Waals surface area (Å²) >= 11 is 3.44. The number of aromatic nitrogens is 2. The number of rotatable bonds is 1. The molecule has 0 radical (unpaired) electrons. The highest BCUT2D eigenvalue weighted by molar-refractivity contribution is 9.10. The Balaban J connectivity index is 2.06. The topological polar surface area (TPSA) is 29.9 Å². The number of fused-ring (bicyclic) bond motifs is 1. The largest absolute Gasteiger partial charge is 0.311 e. The van der Waals surface area contributed by atoms with Gasteiger partial charge in [0.15, 0.2) is 0 Å². The highest BCUT2D eigenvalue weighted by Gasteiger charge is 2.15. The molecule has 0 spiro atoms. The first kappa shape index (κ1) is 10.1. The van der Waals surface area contributed by atoms with Crippen molar-refractivity contribution in [3.05, 3.63) is 46.2 Å². The van der Waals surface area contributed by atoms with Gasteiger partial charge in [0.1, 0.15) is 0 Å². The molecule has 1 aliphatic heterocycles. The summed E-state index contributed by atoms with van der Waals surface area (Å²) in [6, 6.07) is 8.23. The van der Waals surface area contributed by atoms with Crippen molar-refractivity contribution in [2.75, 3.05) is 6.54 Å². The number of benzene rings is 1. The zero-order valence-corrected chi connectivity index (χ0v) is 10.4. The lowest BCUT2D eigenvalue weighted by Crippen LogP contribution is -2.24. The van der Waals surface area contributed by atoms with Gasteiger partial charge in [-0.2, -0.15) is 5.10 Å². The second-order valence-electron chi connectivity index (χ2n) is 3.93. The van der Waals surface area contributed by atoms with E-state index < -0.39 is 0 Å². The van der Waals surface area contributed by atoms with Crippen molar-refractivity contribution in [2.24, 2.45) is 0 Å². The number of nitrogens with zero attached hydrogens (tertiary/aromatic N) is 2. The average molecular weight is 278 g/mol. The van der Waals surface area contributed by atoms with E-state index >= 15 is 0 Å². The fraction of sp³-hybridized carbons (Fsp3) is 0.250. The third-order valence-electron chi connectivity index (χ3n) is 2.89. The molecule has 82 valence electrons. The van der Waals surface area contributed by atoms with E-state index in [2.05, 4.69) is 38.5 Å². The van der Waals surface area contributed by atoms with Crippen LogP contribution in [0, 0.1) is 0 Å². The Morgan fingerprint density at radius 2 is 2.06 bits per heavy atom. The molecule has 1 N–H and O–H groups in total. The number of hydrogen-bond acceptors (Lipinski definition) is 2. The quantitative estimate of drug-likeness (QED) is 0.867. The summed E-state index contributed by atoms with van der Waals surface area (Å²) in [6.07, 6.45) is 3.06. The van der Waals surface area contributed by atoms with Gasteiger partial charge in [-0.25, -0.2) is 4.68 Å². The van der Waals surface area contributed by atoms with Crippen LogP contribution in [-0.4, -0.2) is 16.3 Å². The molecule has 0 unspecified atom stereocenters.